The van der Waals surface area contributed by atoms with Crippen LogP contribution in [0, 0.1) is 0 Å². The van der Waals surface area contributed by atoms with E-state index >= 15 is 0 Å². The van der Waals surface area contributed by atoms with E-state index in [1.165, 1.54) is 12.1 Å². The van der Waals surface area contributed by atoms with E-state index in [2.05, 4.69) is 0 Å². The number of alkyl halides is 3. The van der Waals surface area contributed by atoms with E-state index in [-0.39, 0.29) is 24.0 Å². The van der Waals surface area contributed by atoms with Gasteiger partial charge in [-0.3, -0.25) is 9.59 Å². The van der Waals surface area contributed by atoms with Gasteiger partial charge in [-0.2, -0.15) is 13.2 Å². The largest absolute Gasteiger partial charge is 0.454 e. The van der Waals surface area contributed by atoms with Crippen LogP contribution in [0.3, 0.4) is 0 Å². The minimum atomic E-state index is -4.89. The Hall–Kier alpha value is -1.85. The zero-order valence-electron chi connectivity index (χ0n) is 9.46. The first kappa shape index (κ1) is 14.2. The number of benzene rings is 1. The predicted octanol–water partition coefficient (Wildman–Crippen LogP) is 2.24. The maximum Gasteiger partial charge on any atom is 0.454 e. The highest BCUT2D eigenvalue weighted by Crippen LogP contribution is 2.24. The Bertz CT molecular complexity index is 455. The third kappa shape index (κ3) is 3.87. The van der Waals surface area contributed by atoms with Crippen molar-refractivity contribution in [3.05, 3.63) is 35.4 Å². The zero-order chi connectivity index (χ0) is 13.8. The molecule has 1 amide bonds. The lowest BCUT2D eigenvalue weighted by Crippen LogP contribution is -2.24. The summed E-state index contributed by atoms with van der Waals surface area (Å²) >= 11 is 0. The minimum absolute atomic E-state index is 0.0779. The average molecular weight is 259 g/mol. The number of carbonyl (C=O) groups excluding carboxylic acids is 2. The predicted molar refractivity (Wildman–Crippen MR) is 59.0 cm³/mol. The normalized spacial score (nSPS) is 11.3. The molecular formula is C12H12F3NO2. The third-order valence-corrected chi connectivity index (χ3v) is 2.39. The molecule has 0 aliphatic heterocycles. The molecule has 0 saturated heterocycles. The van der Waals surface area contributed by atoms with Crippen LogP contribution in [0.4, 0.5) is 13.2 Å². The maximum absolute atomic E-state index is 12.3. The topological polar surface area (TPSA) is 60.2 Å². The summed E-state index contributed by atoms with van der Waals surface area (Å²) in [5.41, 5.74) is 4.85. The van der Waals surface area contributed by atoms with Gasteiger partial charge in [-0.05, 0) is 18.4 Å². The number of carbonyl (C=O) groups is 2. The molecule has 0 unspecified atom stereocenters. The molecule has 0 spiro atoms. The van der Waals surface area contributed by atoms with E-state index in [1.54, 1.807) is 6.07 Å². The first-order valence-corrected chi connectivity index (χ1v) is 5.30. The van der Waals surface area contributed by atoms with Crippen LogP contribution in [0.2, 0.25) is 0 Å². The average Bonchev–Trinajstić information content (AvgIpc) is 2.27. The lowest BCUT2D eigenvalue weighted by molar-refractivity contribution is -0.118. The van der Waals surface area contributed by atoms with Gasteiger partial charge in [0, 0.05) is 12.0 Å². The summed E-state index contributed by atoms with van der Waals surface area (Å²) in [7, 11) is 0. The SMILES string of the molecule is NC(=O)CCCc1ccccc1C(=O)C(F)(F)F. The van der Waals surface area contributed by atoms with Gasteiger partial charge < -0.3 is 5.73 Å². The highest BCUT2D eigenvalue weighted by molar-refractivity contribution is 6.01. The van der Waals surface area contributed by atoms with Crippen LogP contribution >= 0.6 is 0 Å². The number of halogens is 3. The van der Waals surface area contributed by atoms with Gasteiger partial charge >= 0.3 is 6.18 Å². The summed E-state index contributed by atoms with van der Waals surface area (Å²) in [5.74, 6) is -2.38. The fourth-order valence-corrected chi connectivity index (χ4v) is 1.57. The highest BCUT2D eigenvalue weighted by Gasteiger charge is 2.40. The van der Waals surface area contributed by atoms with Gasteiger partial charge in [-0.1, -0.05) is 24.3 Å². The second-order valence-corrected chi connectivity index (χ2v) is 3.80. The molecule has 0 aromatic heterocycles. The second kappa shape index (κ2) is 5.66. The molecule has 0 heterocycles. The first-order chi connectivity index (χ1) is 8.32. The number of hydrogen-bond donors (Lipinski definition) is 1. The molecule has 3 nitrogen and oxygen atoms in total. The molecular weight excluding hydrogens is 247 g/mol. The van der Waals surface area contributed by atoms with Crippen molar-refractivity contribution in [3.8, 4) is 0 Å². The van der Waals surface area contributed by atoms with Crippen LogP contribution in [0.15, 0.2) is 24.3 Å². The molecule has 1 rings (SSSR count). The van der Waals surface area contributed by atoms with E-state index in [0.29, 0.717) is 6.42 Å². The third-order valence-electron chi connectivity index (χ3n) is 2.39. The number of Topliss-reactive ketones (excluding diaryl/α,β-unsaturated/α-hetero) is 1. The van der Waals surface area contributed by atoms with Gasteiger partial charge in [0.1, 0.15) is 0 Å². The van der Waals surface area contributed by atoms with Crippen LogP contribution in [-0.4, -0.2) is 17.9 Å². The fraction of sp³-hybridized carbons (Fsp3) is 0.333. The fourth-order valence-electron chi connectivity index (χ4n) is 1.57. The summed E-state index contributed by atoms with van der Waals surface area (Å²) in [5, 5.41) is 0. The van der Waals surface area contributed by atoms with E-state index < -0.39 is 17.9 Å². The Morgan fingerprint density at radius 1 is 1.17 bits per heavy atom. The molecule has 6 heteroatoms. The van der Waals surface area contributed by atoms with Gasteiger partial charge in [0.05, 0.1) is 0 Å². The molecule has 0 bridgehead atoms. The Balaban J connectivity index is 2.86. The molecule has 98 valence electrons. The van der Waals surface area contributed by atoms with E-state index in [1.807, 2.05) is 0 Å². The van der Waals surface area contributed by atoms with Crippen molar-refractivity contribution in [3.63, 3.8) is 0 Å². The van der Waals surface area contributed by atoms with Crippen molar-refractivity contribution < 1.29 is 22.8 Å². The molecule has 0 aliphatic carbocycles. The number of primary amides is 1. The molecule has 18 heavy (non-hydrogen) atoms. The van der Waals surface area contributed by atoms with Crippen molar-refractivity contribution >= 4 is 11.7 Å². The van der Waals surface area contributed by atoms with Crippen molar-refractivity contribution in [1.82, 2.24) is 0 Å². The first-order valence-electron chi connectivity index (χ1n) is 5.30. The summed E-state index contributed by atoms with van der Waals surface area (Å²) in [6, 6.07) is 5.50. The zero-order valence-corrected chi connectivity index (χ0v) is 9.46. The van der Waals surface area contributed by atoms with Crippen molar-refractivity contribution in [2.45, 2.75) is 25.4 Å². The molecule has 0 atom stereocenters. The molecule has 2 N–H and O–H groups in total. The van der Waals surface area contributed by atoms with Crippen LogP contribution in [0.1, 0.15) is 28.8 Å². The summed E-state index contributed by atoms with van der Waals surface area (Å²) < 4.78 is 37.0. The van der Waals surface area contributed by atoms with Crippen molar-refractivity contribution in [1.29, 1.82) is 0 Å². The van der Waals surface area contributed by atoms with Crippen LogP contribution in [0.5, 0.6) is 0 Å². The van der Waals surface area contributed by atoms with E-state index in [9.17, 15) is 22.8 Å². The second-order valence-electron chi connectivity index (χ2n) is 3.80. The summed E-state index contributed by atoms with van der Waals surface area (Å²) in [6.45, 7) is 0. The number of aryl methyl sites for hydroxylation is 1. The van der Waals surface area contributed by atoms with Crippen LogP contribution < -0.4 is 5.73 Å². The summed E-state index contributed by atoms with van der Waals surface area (Å²) in [6.07, 6.45) is -4.28. The minimum Gasteiger partial charge on any atom is -0.370 e. The standard InChI is InChI=1S/C12H12F3NO2/c13-12(14,15)11(18)9-6-2-1-4-8(9)5-3-7-10(16)17/h1-2,4,6H,3,5,7H2,(H2,16,17). The van der Waals surface area contributed by atoms with Crippen molar-refractivity contribution in [2.24, 2.45) is 5.73 Å². The molecule has 1 aromatic rings. The van der Waals surface area contributed by atoms with Crippen LogP contribution in [-0.2, 0) is 11.2 Å². The highest BCUT2D eigenvalue weighted by atomic mass is 19.4. The quantitative estimate of drug-likeness (QED) is 0.824. The number of rotatable bonds is 5. The Kier molecular flexibility index (Phi) is 4.47. The Labute approximate surface area is 102 Å². The van der Waals surface area contributed by atoms with Gasteiger partial charge in [-0.15, -0.1) is 0 Å². The molecule has 0 radical (unpaired) electrons. The molecule has 1 aromatic carbocycles. The van der Waals surface area contributed by atoms with E-state index in [4.69, 9.17) is 5.73 Å². The lowest BCUT2D eigenvalue weighted by atomic mass is 9.98. The van der Waals surface area contributed by atoms with E-state index in [0.717, 1.165) is 6.07 Å². The summed E-state index contributed by atoms with van der Waals surface area (Å²) in [4.78, 5) is 21.7. The number of ketones is 1. The lowest BCUT2D eigenvalue weighted by Gasteiger charge is -2.10. The maximum atomic E-state index is 12.3. The Morgan fingerprint density at radius 3 is 2.33 bits per heavy atom. The number of nitrogens with two attached hydrogens (primary N) is 1. The van der Waals surface area contributed by atoms with Gasteiger partial charge in [0.25, 0.3) is 5.78 Å². The number of amides is 1. The van der Waals surface area contributed by atoms with Gasteiger partial charge in [0.2, 0.25) is 5.91 Å². The molecule has 0 saturated carbocycles. The molecule has 0 aliphatic rings. The monoisotopic (exact) mass is 259 g/mol. The van der Waals surface area contributed by atoms with Crippen molar-refractivity contribution in [2.75, 3.05) is 0 Å². The smallest absolute Gasteiger partial charge is 0.370 e. The van der Waals surface area contributed by atoms with Crippen LogP contribution in [0.25, 0.3) is 0 Å². The van der Waals surface area contributed by atoms with Gasteiger partial charge in [0.15, 0.2) is 0 Å². The Morgan fingerprint density at radius 2 is 1.78 bits per heavy atom. The number of hydrogen-bond acceptors (Lipinski definition) is 2. The molecule has 0 fully saturated rings. The van der Waals surface area contributed by atoms with Gasteiger partial charge in [-0.25, -0.2) is 0 Å².